The van der Waals surface area contributed by atoms with Gasteiger partial charge in [0.15, 0.2) is 0 Å². The third-order valence-electron chi connectivity index (χ3n) is 5.14. The second kappa shape index (κ2) is 10.7. The van der Waals surface area contributed by atoms with Gasteiger partial charge in [-0.1, -0.05) is 0 Å². The molecule has 3 rings (SSSR count). The number of ether oxygens (including phenoxy) is 1. The molecule has 0 aliphatic heterocycles. The Balaban J connectivity index is 1.75. The van der Waals surface area contributed by atoms with Gasteiger partial charge in [0.05, 0.1) is 11.4 Å². The van der Waals surface area contributed by atoms with Crippen LogP contribution in [0.5, 0.6) is 11.5 Å². The lowest BCUT2D eigenvalue weighted by atomic mass is 9.97. The molecule has 7 nitrogen and oxygen atoms in total. The molecule has 15 heteroatoms. The summed E-state index contributed by atoms with van der Waals surface area (Å²) in [4.78, 5) is 27.7. The van der Waals surface area contributed by atoms with E-state index < -0.39 is 65.2 Å². The molecule has 3 aromatic rings. The molecule has 0 aliphatic rings. The molecule has 3 N–H and O–H groups in total. The maximum absolute atomic E-state index is 14.5. The van der Waals surface area contributed by atoms with Gasteiger partial charge in [-0.05, 0) is 36.4 Å². The van der Waals surface area contributed by atoms with Crippen molar-refractivity contribution >= 4 is 23.3 Å². The molecule has 0 atom stereocenters. The maximum Gasteiger partial charge on any atom is 0.375 e. The van der Waals surface area contributed by atoms with Crippen LogP contribution in [0.15, 0.2) is 54.7 Å². The minimum Gasteiger partial charge on any atom is -0.457 e. The molecule has 0 aliphatic carbocycles. The molecule has 1 heterocycles. The summed E-state index contributed by atoms with van der Waals surface area (Å²) in [5, 5.41) is 6.05. The van der Waals surface area contributed by atoms with Crippen LogP contribution in [0.3, 0.4) is 0 Å². The minimum absolute atomic E-state index is 0.0200. The molecule has 0 unspecified atom stereocenters. The molecular weight excluding hydrogens is 544 g/mol. The third kappa shape index (κ3) is 6.18. The third-order valence-corrected chi connectivity index (χ3v) is 5.14. The number of carbonyl (C=O) groups excluding carboxylic acids is 2. The van der Waals surface area contributed by atoms with Gasteiger partial charge in [0.25, 0.3) is 5.91 Å². The van der Waals surface area contributed by atoms with Crippen molar-refractivity contribution in [3.8, 4) is 11.5 Å². The van der Waals surface area contributed by atoms with Gasteiger partial charge in [0.2, 0.25) is 0 Å². The number of pyridine rings is 1. The number of nitrogens with zero attached hydrogens (tertiary/aromatic N) is 1. The lowest BCUT2D eigenvalue weighted by Crippen LogP contribution is -2.50. The minimum atomic E-state index is -5.84. The highest BCUT2D eigenvalue weighted by atomic mass is 19.3. The number of urea groups is 1. The number of nitrogens with one attached hydrogen (secondary N) is 3. The summed E-state index contributed by atoms with van der Waals surface area (Å²) >= 11 is 0. The van der Waals surface area contributed by atoms with Crippen molar-refractivity contribution in [2.24, 2.45) is 0 Å². The molecule has 39 heavy (non-hydrogen) atoms. The van der Waals surface area contributed by atoms with E-state index in [1.807, 2.05) is 5.32 Å². The first kappa shape index (κ1) is 29.1. The van der Waals surface area contributed by atoms with Crippen LogP contribution in [0, 0.1) is 11.6 Å². The van der Waals surface area contributed by atoms with Crippen molar-refractivity contribution < 1.29 is 49.4 Å². The summed E-state index contributed by atoms with van der Waals surface area (Å²) in [5.74, 6) is -19.3. The van der Waals surface area contributed by atoms with Crippen molar-refractivity contribution in [2.75, 3.05) is 17.7 Å². The highest BCUT2D eigenvalue weighted by molar-refractivity contribution is 6.00. The van der Waals surface area contributed by atoms with Gasteiger partial charge in [-0.3, -0.25) is 9.78 Å². The van der Waals surface area contributed by atoms with Crippen LogP contribution in [0.1, 0.15) is 23.0 Å². The fourth-order valence-corrected chi connectivity index (χ4v) is 3.07. The van der Waals surface area contributed by atoms with E-state index in [9.17, 15) is 44.7 Å². The van der Waals surface area contributed by atoms with Crippen LogP contribution in [-0.2, 0) is 5.92 Å². The first-order chi connectivity index (χ1) is 18.1. The zero-order valence-corrected chi connectivity index (χ0v) is 19.9. The first-order valence-corrected chi connectivity index (χ1v) is 10.7. The topological polar surface area (TPSA) is 92.4 Å². The molecular formula is C24H18F8N4O3. The summed E-state index contributed by atoms with van der Waals surface area (Å²) in [7, 11) is 1.39. The standard InChI is InChI=1S/C24H18F8N4O3/c1-22(27,28)24(31,32)23(29,30)12-3-5-15(25)18(9-12)36-21(38)35-17-6-4-13(10-16(17)26)39-14-7-8-34-19(11-14)20(37)33-2/h3-11H,1-2H3,(H,33,37)(H2,35,36,38). The Kier molecular flexibility index (Phi) is 8.03. The number of carbonyl (C=O) groups is 2. The first-order valence-electron chi connectivity index (χ1n) is 10.7. The van der Waals surface area contributed by atoms with Crippen LogP contribution in [-0.4, -0.2) is 35.8 Å². The van der Waals surface area contributed by atoms with E-state index in [1.165, 1.54) is 31.4 Å². The van der Waals surface area contributed by atoms with Crippen LogP contribution in [0.25, 0.3) is 0 Å². The van der Waals surface area contributed by atoms with Crippen molar-refractivity contribution in [3.05, 3.63) is 77.6 Å². The predicted molar refractivity (Wildman–Crippen MR) is 123 cm³/mol. The highest BCUT2D eigenvalue weighted by Gasteiger charge is 2.69. The number of halogens is 8. The Morgan fingerprint density at radius 2 is 1.46 bits per heavy atom. The second-order valence-electron chi connectivity index (χ2n) is 8.01. The Bertz CT molecular complexity index is 1400. The van der Waals surface area contributed by atoms with Gasteiger partial charge < -0.3 is 20.7 Å². The summed E-state index contributed by atoms with van der Waals surface area (Å²) < 4.78 is 116. The molecule has 1 aromatic heterocycles. The number of hydrogen-bond donors (Lipinski definition) is 3. The number of amides is 3. The average molecular weight is 562 g/mol. The van der Waals surface area contributed by atoms with Crippen molar-refractivity contribution in [3.63, 3.8) is 0 Å². The molecule has 0 spiro atoms. The van der Waals surface area contributed by atoms with E-state index in [1.54, 1.807) is 5.32 Å². The summed E-state index contributed by atoms with van der Waals surface area (Å²) in [6, 6.07) is 4.84. The monoisotopic (exact) mass is 562 g/mol. The lowest BCUT2D eigenvalue weighted by molar-refractivity contribution is -0.308. The molecule has 2 aromatic carbocycles. The van der Waals surface area contributed by atoms with Gasteiger partial charge in [-0.15, -0.1) is 0 Å². The number of alkyl halides is 6. The predicted octanol–water partition coefficient (Wildman–Crippen LogP) is 6.54. The van der Waals surface area contributed by atoms with E-state index in [4.69, 9.17) is 4.74 Å². The number of aromatic nitrogens is 1. The molecule has 0 radical (unpaired) electrons. The Morgan fingerprint density at radius 1 is 0.821 bits per heavy atom. The molecule has 0 fully saturated rings. The van der Waals surface area contributed by atoms with Crippen molar-refractivity contribution in [1.29, 1.82) is 0 Å². The fraction of sp³-hybridized carbons (Fsp3) is 0.208. The van der Waals surface area contributed by atoms with E-state index in [0.29, 0.717) is 0 Å². The SMILES string of the molecule is CNC(=O)c1cc(Oc2ccc(NC(=O)Nc3cc(C(F)(F)C(F)(F)C(C)(F)F)ccc3F)c(F)c2)ccn1. The largest absolute Gasteiger partial charge is 0.457 e. The second-order valence-corrected chi connectivity index (χ2v) is 8.01. The molecule has 0 saturated heterocycles. The molecule has 208 valence electrons. The lowest BCUT2D eigenvalue weighted by Gasteiger charge is -2.31. The van der Waals surface area contributed by atoms with Crippen LogP contribution in [0.4, 0.5) is 51.3 Å². The number of anilines is 2. The smallest absolute Gasteiger partial charge is 0.375 e. The van der Waals surface area contributed by atoms with E-state index in [0.717, 1.165) is 12.1 Å². The zero-order valence-electron chi connectivity index (χ0n) is 19.9. The Hall–Kier alpha value is -4.43. The number of rotatable bonds is 8. The van der Waals surface area contributed by atoms with Crippen LogP contribution >= 0.6 is 0 Å². The molecule has 0 bridgehead atoms. The zero-order chi connectivity index (χ0) is 29.2. The van der Waals surface area contributed by atoms with Gasteiger partial charge in [0.1, 0.15) is 28.8 Å². The number of benzene rings is 2. The highest BCUT2D eigenvalue weighted by Crippen LogP contribution is 2.51. The van der Waals surface area contributed by atoms with E-state index in [2.05, 4.69) is 10.3 Å². The van der Waals surface area contributed by atoms with E-state index >= 15 is 0 Å². The van der Waals surface area contributed by atoms with Gasteiger partial charge in [0, 0.05) is 37.9 Å². The fourth-order valence-electron chi connectivity index (χ4n) is 3.07. The average Bonchev–Trinajstić information content (AvgIpc) is 2.85. The Morgan fingerprint density at radius 3 is 2.08 bits per heavy atom. The maximum atomic E-state index is 14.5. The number of hydrogen-bond acceptors (Lipinski definition) is 4. The summed E-state index contributed by atoms with van der Waals surface area (Å²) in [6.45, 7) is -0.402. The van der Waals surface area contributed by atoms with Gasteiger partial charge in [-0.25, -0.2) is 13.6 Å². The normalized spacial score (nSPS) is 12.1. The quantitative estimate of drug-likeness (QED) is 0.272. The van der Waals surface area contributed by atoms with Crippen LogP contribution < -0.4 is 20.7 Å². The van der Waals surface area contributed by atoms with Gasteiger partial charge in [-0.2, -0.15) is 26.3 Å². The van der Waals surface area contributed by atoms with Gasteiger partial charge >= 0.3 is 23.8 Å². The van der Waals surface area contributed by atoms with Crippen molar-refractivity contribution in [2.45, 2.75) is 24.7 Å². The van der Waals surface area contributed by atoms with Crippen molar-refractivity contribution in [1.82, 2.24) is 10.3 Å². The summed E-state index contributed by atoms with van der Waals surface area (Å²) in [5.41, 5.74) is -3.23. The summed E-state index contributed by atoms with van der Waals surface area (Å²) in [6.07, 6.45) is 1.27. The Labute approximate surface area is 215 Å². The van der Waals surface area contributed by atoms with E-state index in [-0.39, 0.29) is 35.4 Å². The van der Waals surface area contributed by atoms with Crippen LogP contribution in [0.2, 0.25) is 0 Å². The molecule has 3 amide bonds. The molecule has 0 saturated carbocycles.